The van der Waals surface area contributed by atoms with E-state index < -0.39 is 0 Å². The second-order valence-electron chi connectivity index (χ2n) is 12.1. The number of benzene rings is 5. The molecule has 0 radical (unpaired) electrons. The molecule has 46 heavy (non-hydrogen) atoms. The summed E-state index contributed by atoms with van der Waals surface area (Å²) in [7, 11) is 16.6. The average Bonchev–Trinajstić information content (AvgIpc) is 3.03. The molecule has 6 nitrogen and oxygen atoms in total. The van der Waals surface area contributed by atoms with Gasteiger partial charge in [0.05, 0.1) is 0 Å². The fourth-order valence-electron chi connectivity index (χ4n) is 5.51. The van der Waals surface area contributed by atoms with E-state index in [4.69, 9.17) is 0 Å². The third-order valence-corrected chi connectivity index (χ3v) is 8.15. The molecule has 5 aromatic rings. The van der Waals surface area contributed by atoms with E-state index in [-0.39, 0.29) is 24.8 Å². The predicted octanol–water partition coefficient (Wildman–Crippen LogP) is 0.318. The van der Waals surface area contributed by atoms with E-state index >= 15 is 0 Å². The van der Waals surface area contributed by atoms with E-state index in [2.05, 4.69) is 197 Å². The molecule has 2 N–H and O–H groups in total. The third-order valence-electron chi connectivity index (χ3n) is 8.15. The molecule has 0 fully saturated rings. The largest absolute Gasteiger partial charge is 1.00 e. The van der Waals surface area contributed by atoms with Crippen LogP contribution in [-0.4, -0.2) is 56.4 Å². The normalized spacial score (nSPS) is 10.7. The zero-order chi connectivity index (χ0) is 31.4. The van der Waals surface area contributed by atoms with Crippen LogP contribution in [0.2, 0.25) is 0 Å². The lowest BCUT2D eigenvalue weighted by Gasteiger charge is -2.23. The Morgan fingerprint density at radius 1 is 0.261 bits per heavy atom. The van der Waals surface area contributed by atoms with Gasteiger partial charge in [0.25, 0.3) is 0 Å². The highest BCUT2D eigenvalue weighted by molar-refractivity contribution is 5.59. The first-order valence-electron chi connectivity index (χ1n) is 15.1. The number of anilines is 4. The summed E-state index contributed by atoms with van der Waals surface area (Å²) in [6.07, 6.45) is 0. The van der Waals surface area contributed by atoms with Gasteiger partial charge in [0, 0.05) is 152 Å². The Bertz CT molecular complexity index is 1400. The molecule has 5 aromatic carbocycles. The number of quaternary nitrogens is 2. The summed E-state index contributed by atoms with van der Waals surface area (Å²) in [6.45, 7) is 0. The van der Waals surface area contributed by atoms with Gasteiger partial charge in [-0.15, -0.1) is 0 Å². The number of halogens is 2. The second-order valence-corrected chi connectivity index (χ2v) is 12.1. The second kappa shape index (κ2) is 15.9. The van der Waals surface area contributed by atoms with E-state index in [1.165, 1.54) is 66.7 Å². The van der Waals surface area contributed by atoms with Crippen molar-refractivity contribution in [3.63, 3.8) is 0 Å². The van der Waals surface area contributed by atoms with Gasteiger partial charge in [0.1, 0.15) is 34.1 Å². The van der Waals surface area contributed by atoms with Gasteiger partial charge in [0.15, 0.2) is 0 Å². The fourth-order valence-corrected chi connectivity index (χ4v) is 5.51. The maximum Gasteiger partial charge on any atom is 0.141 e. The maximum atomic E-state index is 2.27. The summed E-state index contributed by atoms with van der Waals surface area (Å²) in [5.74, 6) is 0. The fraction of sp³-hybridized carbons (Fsp3) is 0.211. The van der Waals surface area contributed by atoms with E-state index in [1.54, 1.807) is 0 Å². The highest BCUT2D eigenvalue weighted by Crippen LogP contribution is 2.24. The number of nitrogens with one attached hydrogen (secondary N) is 2. The summed E-state index contributed by atoms with van der Waals surface area (Å²) in [6, 6.07) is 44.5. The van der Waals surface area contributed by atoms with Crippen molar-refractivity contribution in [2.75, 3.05) is 76.0 Å². The Labute approximate surface area is 287 Å². The van der Waals surface area contributed by atoms with Crippen LogP contribution < -0.4 is 54.2 Å². The monoisotopic (exact) mass is 656 g/mol. The SMILES string of the molecule is CN(C)c1ccc([NH+](c2ccc(N(C)C)cc2)c2ccc([NH+](c3ccc(N(C)C)cc3)c3ccc(N(C)C)cc3)cc2)cc1.[Cl-].[Cl-]. The van der Waals surface area contributed by atoms with Crippen LogP contribution in [-0.2, 0) is 0 Å². The van der Waals surface area contributed by atoms with Crippen LogP contribution in [0.3, 0.4) is 0 Å². The van der Waals surface area contributed by atoms with E-state index in [9.17, 15) is 0 Å². The number of hydrogen-bond acceptors (Lipinski definition) is 4. The predicted molar refractivity (Wildman–Crippen MR) is 189 cm³/mol. The van der Waals surface area contributed by atoms with Gasteiger partial charge in [-0.05, 0) is 48.5 Å². The highest BCUT2D eigenvalue weighted by atomic mass is 35.5. The Hall–Kier alpha value is -4.20. The summed E-state index contributed by atoms with van der Waals surface area (Å²) in [5.41, 5.74) is 11.9. The zero-order valence-electron chi connectivity index (χ0n) is 28.1. The molecule has 0 aliphatic heterocycles. The molecule has 0 atom stereocenters. The van der Waals surface area contributed by atoms with Gasteiger partial charge < -0.3 is 44.4 Å². The van der Waals surface area contributed by atoms with E-state index in [1.807, 2.05) is 0 Å². The smallest absolute Gasteiger partial charge is 0.141 e. The van der Waals surface area contributed by atoms with Crippen molar-refractivity contribution in [1.29, 1.82) is 0 Å². The van der Waals surface area contributed by atoms with Gasteiger partial charge in [-0.1, -0.05) is 0 Å². The van der Waals surface area contributed by atoms with Crippen LogP contribution in [0.1, 0.15) is 0 Å². The van der Waals surface area contributed by atoms with Gasteiger partial charge >= 0.3 is 0 Å². The lowest BCUT2D eigenvalue weighted by atomic mass is 10.1. The van der Waals surface area contributed by atoms with Crippen molar-refractivity contribution in [2.45, 2.75) is 0 Å². The lowest BCUT2D eigenvalue weighted by Crippen LogP contribution is -3.00. The van der Waals surface area contributed by atoms with E-state index in [0.717, 1.165) is 0 Å². The molecule has 0 aliphatic rings. The minimum absolute atomic E-state index is 0. The summed E-state index contributed by atoms with van der Waals surface area (Å²) < 4.78 is 0. The molecule has 0 saturated carbocycles. The molecule has 0 saturated heterocycles. The van der Waals surface area contributed by atoms with Crippen LogP contribution in [0.25, 0.3) is 0 Å². The van der Waals surface area contributed by atoms with E-state index in [0.29, 0.717) is 0 Å². The van der Waals surface area contributed by atoms with Crippen LogP contribution in [0.4, 0.5) is 56.9 Å². The first kappa shape index (κ1) is 36.3. The molecule has 0 aromatic heterocycles. The number of hydrogen-bond donors (Lipinski definition) is 2. The summed E-state index contributed by atoms with van der Waals surface area (Å²) in [4.78, 5) is 11.0. The lowest BCUT2D eigenvalue weighted by molar-refractivity contribution is -0.684. The Morgan fingerprint density at radius 3 is 0.522 bits per heavy atom. The topological polar surface area (TPSA) is 21.8 Å². The van der Waals surface area contributed by atoms with Crippen molar-refractivity contribution >= 4 is 56.9 Å². The van der Waals surface area contributed by atoms with Crippen molar-refractivity contribution < 1.29 is 34.6 Å². The average molecular weight is 658 g/mol. The van der Waals surface area contributed by atoms with Gasteiger partial charge in [-0.25, -0.2) is 9.80 Å². The standard InChI is InChI=1S/C38H44N6.2ClH/c1-39(2)29-9-17-33(18-10-29)43(34-19-11-30(12-20-34)40(3)4)37-25-27-38(28-26-37)44(35-21-13-31(14-22-35)41(5)6)36-23-15-32(16-24-36)42(7)8;;/h9-28H,1-8H3;2*1H. The van der Waals surface area contributed by atoms with Crippen molar-refractivity contribution in [1.82, 2.24) is 0 Å². The molecule has 0 spiro atoms. The van der Waals surface area contributed by atoms with Crippen molar-refractivity contribution in [3.8, 4) is 0 Å². The number of nitrogens with zero attached hydrogens (tertiary/aromatic N) is 4. The van der Waals surface area contributed by atoms with Crippen molar-refractivity contribution in [3.05, 3.63) is 121 Å². The molecular weight excluding hydrogens is 611 g/mol. The minimum Gasteiger partial charge on any atom is -1.00 e. The molecule has 0 unspecified atom stereocenters. The first-order valence-corrected chi connectivity index (χ1v) is 15.1. The zero-order valence-corrected chi connectivity index (χ0v) is 29.6. The summed E-state index contributed by atoms with van der Waals surface area (Å²) >= 11 is 0. The quantitative estimate of drug-likeness (QED) is 0.226. The Morgan fingerprint density at radius 2 is 0.391 bits per heavy atom. The van der Waals surface area contributed by atoms with Crippen LogP contribution >= 0.6 is 0 Å². The van der Waals surface area contributed by atoms with Gasteiger partial charge in [-0.3, -0.25) is 0 Å². The number of rotatable bonds is 10. The van der Waals surface area contributed by atoms with Gasteiger partial charge in [0.2, 0.25) is 0 Å². The first-order chi connectivity index (χ1) is 21.1. The van der Waals surface area contributed by atoms with Crippen LogP contribution in [0.15, 0.2) is 121 Å². The Balaban J connectivity index is 0.00000288. The van der Waals surface area contributed by atoms with Crippen LogP contribution in [0, 0.1) is 0 Å². The Kier molecular flexibility index (Phi) is 12.5. The molecule has 0 aliphatic carbocycles. The molecule has 5 rings (SSSR count). The molecule has 242 valence electrons. The molecule has 8 heteroatoms. The van der Waals surface area contributed by atoms with Gasteiger partial charge in [-0.2, -0.15) is 0 Å². The molecule has 0 amide bonds. The highest BCUT2D eigenvalue weighted by Gasteiger charge is 2.23. The third kappa shape index (κ3) is 8.14. The maximum absolute atomic E-state index is 2.27. The van der Waals surface area contributed by atoms with Crippen LogP contribution in [0.5, 0.6) is 0 Å². The van der Waals surface area contributed by atoms with Crippen molar-refractivity contribution in [2.24, 2.45) is 0 Å². The molecular formula is C38H46Cl2N6. The minimum atomic E-state index is 0. The molecule has 0 heterocycles. The molecule has 0 bridgehead atoms. The summed E-state index contributed by atoms with van der Waals surface area (Å²) in [5, 5.41) is 0.